The Kier molecular flexibility index (Phi) is 3.98. The number of anilines is 1. The second-order valence-electron chi connectivity index (χ2n) is 3.71. The van der Waals surface area contributed by atoms with Gasteiger partial charge in [-0.05, 0) is 18.6 Å². The highest BCUT2D eigenvalue weighted by Gasteiger charge is 2.09. The minimum atomic E-state index is 0.597. The van der Waals surface area contributed by atoms with Gasteiger partial charge in [0.15, 0.2) is 0 Å². The molecule has 1 aromatic carbocycles. The fourth-order valence-electron chi connectivity index (χ4n) is 1.58. The molecular formula is C13H15N3S. The first-order chi connectivity index (χ1) is 8.31. The summed E-state index contributed by atoms with van der Waals surface area (Å²) in [7, 11) is 0. The summed E-state index contributed by atoms with van der Waals surface area (Å²) in [5, 5.41) is 0.963. The van der Waals surface area contributed by atoms with Crippen LogP contribution in [0, 0.1) is 0 Å². The SMILES string of the molecule is CCCc1c(N)ncnc1Sc1ccccc1. The second-order valence-corrected chi connectivity index (χ2v) is 4.77. The third-order valence-corrected chi connectivity index (χ3v) is 3.45. The average Bonchev–Trinajstić information content (AvgIpc) is 2.35. The summed E-state index contributed by atoms with van der Waals surface area (Å²) in [5.41, 5.74) is 6.96. The van der Waals surface area contributed by atoms with Crippen molar-refractivity contribution in [3.8, 4) is 0 Å². The lowest BCUT2D eigenvalue weighted by Gasteiger charge is -2.08. The number of hydrogen-bond acceptors (Lipinski definition) is 4. The summed E-state index contributed by atoms with van der Waals surface area (Å²) in [5.74, 6) is 0.597. The zero-order chi connectivity index (χ0) is 12.1. The van der Waals surface area contributed by atoms with E-state index in [0.717, 1.165) is 23.4 Å². The van der Waals surface area contributed by atoms with Crippen LogP contribution < -0.4 is 5.73 Å². The fourth-order valence-corrected chi connectivity index (χ4v) is 2.53. The summed E-state index contributed by atoms with van der Waals surface area (Å²) < 4.78 is 0. The Bertz CT molecular complexity index is 485. The molecule has 88 valence electrons. The molecule has 17 heavy (non-hydrogen) atoms. The Hall–Kier alpha value is -1.55. The molecule has 4 heteroatoms. The standard InChI is InChI=1S/C13H15N3S/c1-2-6-11-12(14)15-9-16-13(11)17-10-7-4-3-5-8-10/h3-5,7-9H,2,6H2,1H3,(H2,14,15,16). The molecule has 0 spiro atoms. The van der Waals surface area contributed by atoms with Crippen LogP contribution in [0.3, 0.4) is 0 Å². The van der Waals surface area contributed by atoms with Gasteiger partial charge in [0.1, 0.15) is 17.2 Å². The molecule has 3 nitrogen and oxygen atoms in total. The maximum absolute atomic E-state index is 5.90. The van der Waals surface area contributed by atoms with Crippen LogP contribution in [-0.2, 0) is 6.42 Å². The molecule has 1 aromatic heterocycles. The largest absolute Gasteiger partial charge is 0.383 e. The van der Waals surface area contributed by atoms with Gasteiger partial charge < -0.3 is 5.73 Å². The molecule has 0 saturated carbocycles. The Morgan fingerprint density at radius 3 is 2.65 bits per heavy atom. The van der Waals surface area contributed by atoms with Crippen LogP contribution in [0.15, 0.2) is 46.6 Å². The molecule has 0 radical (unpaired) electrons. The van der Waals surface area contributed by atoms with Gasteiger partial charge in [0.2, 0.25) is 0 Å². The van der Waals surface area contributed by atoms with E-state index in [4.69, 9.17) is 5.73 Å². The smallest absolute Gasteiger partial charge is 0.131 e. The zero-order valence-electron chi connectivity index (χ0n) is 9.76. The van der Waals surface area contributed by atoms with Crippen LogP contribution in [0.25, 0.3) is 0 Å². The molecule has 0 atom stereocenters. The van der Waals surface area contributed by atoms with E-state index in [0.29, 0.717) is 5.82 Å². The highest BCUT2D eigenvalue weighted by Crippen LogP contribution is 2.30. The lowest BCUT2D eigenvalue weighted by atomic mass is 10.2. The molecule has 0 unspecified atom stereocenters. The first-order valence-corrected chi connectivity index (χ1v) is 6.45. The first-order valence-electron chi connectivity index (χ1n) is 5.63. The highest BCUT2D eigenvalue weighted by molar-refractivity contribution is 7.99. The van der Waals surface area contributed by atoms with E-state index in [1.165, 1.54) is 11.2 Å². The quantitative estimate of drug-likeness (QED) is 0.841. The molecule has 2 rings (SSSR count). The molecular weight excluding hydrogens is 230 g/mol. The van der Waals surface area contributed by atoms with Crippen molar-refractivity contribution >= 4 is 17.6 Å². The van der Waals surface area contributed by atoms with Gasteiger partial charge in [-0.1, -0.05) is 43.3 Å². The molecule has 2 N–H and O–H groups in total. The van der Waals surface area contributed by atoms with Crippen molar-refractivity contribution in [1.82, 2.24) is 9.97 Å². The molecule has 0 fully saturated rings. The minimum absolute atomic E-state index is 0.597. The van der Waals surface area contributed by atoms with Crippen LogP contribution in [0.1, 0.15) is 18.9 Å². The number of nitrogens with zero attached hydrogens (tertiary/aromatic N) is 2. The van der Waals surface area contributed by atoms with Gasteiger partial charge in [-0.15, -0.1) is 0 Å². The average molecular weight is 245 g/mol. The summed E-state index contributed by atoms with van der Waals surface area (Å²) in [6, 6.07) is 10.2. The molecule has 0 aliphatic heterocycles. The predicted molar refractivity (Wildman–Crippen MR) is 71.0 cm³/mol. The van der Waals surface area contributed by atoms with Crippen LogP contribution in [0.2, 0.25) is 0 Å². The summed E-state index contributed by atoms with van der Waals surface area (Å²) >= 11 is 1.64. The van der Waals surface area contributed by atoms with Crippen molar-refractivity contribution in [3.63, 3.8) is 0 Å². The summed E-state index contributed by atoms with van der Waals surface area (Å²) in [6.07, 6.45) is 3.49. The Labute approximate surface area is 105 Å². The van der Waals surface area contributed by atoms with Gasteiger partial charge in [-0.3, -0.25) is 0 Å². The van der Waals surface area contributed by atoms with E-state index < -0.39 is 0 Å². The fraction of sp³-hybridized carbons (Fsp3) is 0.231. The summed E-state index contributed by atoms with van der Waals surface area (Å²) in [4.78, 5) is 9.55. The monoisotopic (exact) mass is 245 g/mol. The molecule has 0 aliphatic carbocycles. The number of aromatic nitrogens is 2. The third-order valence-electron chi connectivity index (χ3n) is 2.40. The Morgan fingerprint density at radius 2 is 1.94 bits per heavy atom. The van der Waals surface area contributed by atoms with Crippen LogP contribution >= 0.6 is 11.8 Å². The van der Waals surface area contributed by atoms with Crippen molar-refractivity contribution in [3.05, 3.63) is 42.2 Å². The van der Waals surface area contributed by atoms with Crippen molar-refractivity contribution in [2.45, 2.75) is 29.7 Å². The third kappa shape index (κ3) is 2.97. The van der Waals surface area contributed by atoms with Crippen molar-refractivity contribution in [1.29, 1.82) is 0 Å². The lowest BCUT2D eigenvalue weighted by molar-refractivity contribution is 0.862. The topological polar surface area (TPSA) is 51.8 Å². The number of nitrogens with two attached hydrogens (primary N) is 1. The number of benzene rings is 1. The number of hydrogen-bond donors (Lipinski definition) is 1. The lowest BCUT2D eigenvalue weighted by Crippen LogP contribution is -2.01. The number of nitrogen functional groups attached to an aromatic ring is 1. The van der Waals surface area contributed by atoms with Crippen molar-refractivity contribution in [2.75, 3.05) is 5.73 Å². The molecule has 0 amide bonds. The minimum Gasteiger partial charge on any atom is -0.383 e. The van der Waals surface area contributed by atoms with Crippen molar-refractivity contribution < 1.29 is 0 Å². The summed E-state index contributed by atoms with van der Waals surface area (Å²) in [6.45, 7) is 2.13. The Balaban J connectivity index is 2.29. The van der Waals surface area contributed by atoms with Gasteiger partial charge in [0, 0.05) is 10.5 Å². The number of rotatable bonds is 4. The molecule has 0 aliphatic rings. The van der Waals surface area contributed by atoms with Crippen LogP contribution in [0.5, 0.6) is 0 Å². The maximum Gasteiger partial charge on any atom is 0.131 e. The van der Waals surface area contributed by atoms with Gasteiger partial charge in [0.25, 0.3) is 0 Å². The zero-order valence-corrected chi connectivity index (χ0v) is 10.6. The maximum atomic E-state index is 5.90. The van der Waals surface area contributed by atoms with E-state index in [1.54, 1.807) is 11.8 Å². The molecule has 1 heterocycles. The van der Waals surface area contributed by atoms with Crippen LogP contribution in [0.4, 0.5) is 5.82 Å². The van der Waals surface area contributed by atoms with Crippen molar-refractivity contribution in [2.24, 2.45) is 0 Å². The van der Waals surface area contributed by atoms with Gasteiger partial charge in [-0.25, -0.2) is 9.97 Å². The van der Waals surface area contributed by atoms with E-state index in [1.807, 2.05) is 18.2 Å². The molecule has 0 bridgehead atoms. The molecule has 2 aromatic rings. The van der Waals surface area contributed by atoms with Gasteiger partial charge >= 0.3 is 0 Å². The molecule has 0 saturated heterocycles. The highest BCUT2D eigenvalue weighted by atomic mass is 32.2. The van der Waals surface area contributed by atoms with Gasteiger partial charge in [0.05, 0.1) is 0 Å². The first kappa shape index (κ1) is 11.9. The van der Waals surface area contributed by atoms with Crippen LogP contribution in [-0.4, -0.2) is 9.97 Å². The van der Waals surface area contributed by atoms with E-state index >= 15 is 0 Å². The van der Waals surface area contributed by atoms with Gasteiger partial charge in [-0.2, -0.15) is 0 Å². The van der Waals surface area contributed by atoms with E-state index in [9.17, 15) is 0 Å². The second kappa shape index (κ2) is 5.68. The van der Waals surface area contributed by atoms with E-state index in [2.05, 4.69) is 29.0 Å². The van der Waals surface area contributed by atoms with E-state index in [-0.39, 0.29) is 0 Å². The predicted octanol–water partition coefficient (Wildman–Crippen LogP) is 3.16. The normalized spacial score (nSPS) is 10.4. The Morgan fingerprint density at radius 1 is 1.18 bits per heavy atom.